The largest absolute Gasteiger partial charge is 0.332 e. The van der Waals surface area contributed by atoms with Crippen molar-refractivity contribution in [3.05, 3.63) is 130 Å². The molecule has 0 fully saturated rings. The molecule has 0 N–H and O–H groups in total. The summed E-state index contributed by atoms with van der Waals surface area (Å²) >= 11 is 1.58. The predicted octanol–water partition coefficient (Wildman–Crippen LogP) is 6.88. The Morgan fingerprint density at radius 3 is 1.95 bits per heavy atom. The fourth-order valence-electron chi connectivity index (χ4n) is 4.48. The van der Waals surface area contributed by atoms with Gasteiger partial charge in [0.05, 0.1) is 12.5 Å². The Bertz CT molecular complexity index is 1260. The van der Waals surface area contributed by atoms with Crippen LogP contribution in [0.5, 0.6) is 0 Å². The van der Waals surface area contributed by atoms with Gasteiger partial charge in [-0.25, -0.2) is 4.39 Å². The fourth-order valence-corrected chi connectivity index (χ4v) is 5.20. The maximum atomic E-state index is 14.2. The van der Waals surface area contributed by atoms with Crippen LogP contribution < -0.4 is 0 Å². The Hall–Kier alpha value is -3.77. The first kappa shape index (κ1) is 27.3. The lowest BCUT2D eigenvalue weighted by Gasteiger charge is -2.34. The van der Waals surface area contributed by atoms with Crippen LogP contribution >= 0.6 is 11.3 Å². The third-order valence-corrected chi connectivity index (χ3v) is 7.65. The minimum absolute atomic E-state index is 0.0312. The van der Waals surface area contributed by atoms with Crippen molar-refractivity contribution in [2.45, 2.75) is 45.3 Å². The Labute approximate surface area is 228 Å². The molecule has 0 aliphatic rings. The van der Waals surface area contributed by atoms with Crippen molar-refractivity contribution in [3.63, 3.8) is 0 Å². The lowest BCUT2D eigenvalue weighted by atomic mass is 9.89. The molecule has 6 heteroatoms. The number of hydrogen-bond donors (Lipinski definition) is 0. The van der Waals surface area contributed by atoms with Crippen molar-refractivity contribution in [1.82, 2.24) is 9.80 Å². The van der Waals surface area contributed by atoms with Gasteiger partial charge in [0, 0.05) is 17.5 Å². The number of hydrogen-bond acceptors (Lipinski definition) is 3. The molecule has 4 nitrogen and oxygen atoms in total. The second-order valence-electron chi connectivity index (χ2n) is 9.43. The number of amides is 2. The molecular weight excluding hydrogens is 495 g/mol. The molecule has 0 saturated heterocycles. The molecule has 0 aliphatic carbocycles. The van der Waals surface area contributed by atoms with Crippen LogP contribution in [0.25, 0.3) is 0 Å². The Morgan fingerprint density at radius 1 is 0.816 bits per heavy atom. The first-order valence-electron chi connectivity index (χ1n) is 12.9. The number of carbonyl (C=O) groups is 2. The molecule has 0 spiro atoms. The lowest BCUT2D eigenvalue weighted by Crippen LogP contribution is -2.48. The molecule has 1 heterocycles. The highest BCUT2D eigenvalue weighted by Crippen LogP contribution is 2.28. The van der Waals surface area contributed by atoms with Gasteiger partial charge >= 0.3 is 0 Å². The van der Waals surface area contributed by atoms with Crippen LogP contribution in [0.15, 0.2) is 102 Å². The van der Waals surface area contributed by atoms with Gasteiger partial charge in [0.15, 0.2) is 0 Å². The van der Waals surface area contributed by atoms with Gasteiger partial charge in [-0.3, -0.25) is 9.59 Å². The smallest absolute Gasteiger partial charge is 0.242 e. The minimum Gasteiger partial charge on any atom is -0.332 e. The van der Waals surface area contributed by atoms with Crippen LogP contribution in [0.1, 0.15) is 47.8 Å². The SMILES string of the molecule is CCC(C)N(CC(=O)N(Cc1ccc(F)cc1)Cc1cccs1)C(=O)C(c1ccccc1)c1ccccc1. The molecule has 1 atom stereocenters. The molecule has 196 valence electrons. The average Bonchev–Trinajstić information content (AvgIpc) is 3.46. The average molecular weight is 529 g/mol. The molecule has 1 unspecified atom stereocenters. The summed E-state index contributed by atoms with van der Waals surface area (Å²) in [6, 6.07) is 29.5. The third-order valence-electron chi connectivity index (χ3n) is 6.79. The molecule has 0 saturated carbocycles. The predicted molar refractivity (Wildman–Crippen MR) is 151 cm³/mol. The summed E-state index contributed by atoms with van der Waals surface area (Å²) in [5.74, 6) is -1.06. The molecular formula is C32H33FN2O2S. The van der Waals surface area contributed by atoms with E-state index in [0.717, 1.165) is 28.0 Å². The maximum Gasteiger partial charge on any atom is 0.242 e. The van der Waals surface area contributed by atoms with Crippen LogP contribution in [0.2, 0.25) is 0 Å². The van der Waals surface area contributed by atoms with E-state index in [0.29, 0.717) is 13.1 Å². The van der Waals surface area contributed by atoms with Crippen LogP contribution in [0, 0.1) is 5.82 Å². The van der Waals surface area contributed by atoms with Crippen LogP contribution in [-0.2, 0) is 22.7 Å². The number of nitrogens with zero attached hydrogens (tertiary/aromatic N) is 2. The summed E-state index contributed by atoms with van der Waals surface area (Å²) in [5, 5.41) is 1.98. The number of thiophene rings is 1. The summed E-state index contributed by atoms with van der Waals surface area (Å²) in [5.41, 5.74) is 2.63. The summed E-state index contributed by atoms with van der Waals surface area (Å²) < 4.78 is 13.5. The lowest BCUT2D eigenvalue weighted by molar-refractivity contribution is -0.143. The molecule has 4 aromatic rings. The topological polar surface area (TPSA) is 40.6 Å². The van der Waals surface area contributed by atoms with Gasteiger partial charge in [-0.05, 0) is 53.6 Å². The van der Waals surface area contributed by atoms with E-state index in [1.807, 2.05) is 92.0 Å². The van der Waals surface area contributed by atoms with Gasteiger partial charge in [0.1, 0.15) is 12.4 Å². The van der Waals surface area contributed by atoms with E-state index in [2.05, 4.69) is 0 Å². The fraction of sp³-hybridized carbons (Fsp3) is 0.250. The monoisotopic (exact) mass is 528 g/mol. The van der Waals surface area contributed by atoms with E-state index >= 15 is 0 Å². The Balaban J connectivity index is 1.63. The van der Waals surface area contributed by atoms with Crippen LogP contribution in [0.4, 0.5) is 4.39 Å². The van der Waals surface area contributed by atoms with E-state index < -0.39 is 5.92 Å². The second kappa shape index (κ2) is 13.2. The standard InChI is InChI=1S/C32H33FN2O2S/c1-3-24(2)35(32(37)31(26-11-6-4-7-12-26)27-13-8-5-9-14-27)23-30(36)34(22-29-15-10-20-38-29)21-25-16-18-28(33)19-17-25/h4-20,24,31H,3,21-23H2,1-2H3. The molecule has 0 bridgehead atoms. The van der Waals surface area contributed by atoms with E-state index in [1.54, 1.807) is 33.3 Å². The molecule has 1 aromatic heterocycles. The highest BCUT2D eigenvalue weighted by molar-refractivity contribution is 7.09. The maximum absolute atomic E-state index is 14.2. The summed E-state index contributed by atoms with van der Waals surface area (Å²) in [7, 11) is 0. The normalized spacial score (nSPS) is 11.8. The molecule has 0 radical (unpaired) electrons. The minimum atomic E-state index is -0.512. The number of halogens is 1. The highest BCUT2D eigenvalue weighted by atomic mass is 32.1. The van der Waals surface area contributed by atoms with Crippen molar-refractivity contribution in [3.8, 4) is 0 Å². The Kier molecular flexibility index (Phi) is 9.44. The zero-order valence-corrected chi connectivity index (χ0v) is 22.6. The van der Waals surface area contributed by atoms with E-state index in [4.69, 9.17) is 0 Å². The van der Waals surface area contributed by atoms with Crippen LogP contribution in [-0.4, -0.2) is 34.2 Å². The summed E-state index contributed by atoms with van der Waals surface area (Å²) in [6.45, 7) is 4.74. The number of carbonyl (C=O) groups excluding carboxylic acids is 2. The first-order chi connectivity index (χ1) is 18.5. The highest BCUT2D eigenvalue weighted by Gasteiger charge is 2.32. The molecule has 0 aliphatic heterocycles. The van der Waals surface area contributed by atoms with Crippen molar-refractivity contribution in [1.29, 1.82) is 0 Å². The van der Waals surface area contributed by atoms with Crippen molar-refractivity contribution in [2.24, 2.45) is 0 Å². The van der Waals surface area contributed by atoms with Crippen molar-refractivity contribution >= 4 is 23.2 Å². The van der Waals surface area contributed by atoms with E-state index in [1.165, 1.54) is 12.1 Å². The van der Waals surface area contributed by atoms with Gasteiger partial charge in [0.2, 0.25) is 11.8 Å². The van der Waals surface area contributed by atoms with Crippen molar-refractivity contribution in [2.75, 3.05) is 6.54 Å². The number of rotatable bonds is 11. The van der Waals surface area contributed by atoms with Gasteiger partial charge in [-0.2, -0.15) is 0 Å². The van der Waals surface area contributed by atoms with E-state index in [-0.39, 0.29) is 30.2 Å². The van der Waals surface area contributed by atoms with Crippen LogP contribution in [0.3, 0.4) is 0 Å². The summed E-state index contributed by atoms with van der Waals surface area (Å²) in [6.07, 6.45) is 0.720. The first-order valence-corrected chi connectivity index (χ1v) is 13.8. The van der Waals surface area contributed by atoms with Gasteiger partial charge in [0.25, 0.3) is 0 Å². The quantitative estimate of drug-likeness (QED) is 0.213. The number of benzene rings is 3. The second-order valence-corrected chi connectivity index (χ2v) is 10.5. The third kappa shape index (κ3) is 6.95. The summed E-state index contributed by atoms with van der Waals surface area (Å²) in [4.78, 5) is 32.6. The molecule has 2 amide bonds. The van der Waals surface area contributed by atoms with E-state index in [9.17, 15) is 14.0 Å². The van der Waals surface area contributed by atoms with Crippen molar-refractivity contribution < 1.29 is 14.0 Å². The zero-order chi connectivity index (χ0) is 26.9. The zero-order valence-electron chi connectivity index (χ0n) is 21.8. The Morgan fingerprint density at radius 2 is 1.42 bits per heavy atom. The molecule has 4 rings (SSSR count). The van der Waals surface area contributed by atoms with Gasteiger partial charge in [-0.15, -0.1) is 11.3 Å². The molecule has 38 heavy (non-hydrogen) atoms. The van der Waals surface area contributed by atoms with Gasteiger partial charge < -0.3 is 9.80 Å². The van der Waals surface area contributed by atoms with Gasteiger partial charge in [-0.1, -0.05) is 85.8 Å². The molecule has 3 aromatic carbocycles.